The second kappa shape index (κ2) is 11.4. The molecule has 0 radical (unpaired) electrons. The van der Waals surface area contributed by atoms with Crippen LogP contribution in [0.25, 0.3) is 10.6 Å². The Morgan fingerprint density at radius 2 is 1.90 bits per heavy atom. The molecule has 30 heavy (non-hydrogen) atoms. The number of carboxylic acids is 1. The average molecular weight is 479 g/mol. The van der Waals surface area contributed by atoms with E-state index < -0.39 is 12.1 Å². The second-order valence-corrected chi connectivity index (χ2v) is 7.89. The zero-order valence-electron chi connectivity index (χ0n) is 17.8. The third-order valence-corrected chi connectivity index (χ3v) is 5.82. The summed E-state index contributed by atoms with van der Waals surface area (Å²) in [5.41, 5.74) is 4.62. The van der Waals surface area contributed by atoms with E-state index in [0.29, 0.717) is 19.6 Å². The van der Waals surface area contributed by atoms with Crippen molar-refractivity contribution >= 4 is 17.3 Å². The van der Waals surface area contributed by atoms with Gasteiger partial charge in [0, 0.05) is 38.2 Å². The number of aryl methyl sites for hydroxylation is 2. The van der Waals surface area contributed by atoms with Crippen molar-refractivity contribution in [2.75, 3.05) is 13.2 Å². The maximum absolute atomic E-state index is 11.2. The number of aromatic nitrogens is 1. The zero-order valence-corrected chi connectivity index (χ0v) is 21.5. The van der Waals surface area contributed by atoms with Gasteiger partial charge < -0.3 is 19.1 Å². The Morgan fingerprint density at radius 3 is 2.50 bits per heavy atom. The molecule has 3 aromatic rings. The van der Waals surface area contributed by atoms with E-state index in [1.165, 1.54) is 21.8 Å². The predicted molar refractivity (Wildman–Crippen MR) is 116 cm³/mol. The molecule has 1 atom stereocenters. The van der Waals surface area contributed by atoms with Crippen LogP contribution in [0.3, 0.4) is 0 Å². The Morgan fingerprint density at radius 1 is 1.17 bits per heavy atom. The van der Waals surface area contributed by atoms with Gasteiger partial charge in [-0.3, -0.25) is 0 Å². The largest absolute Gasteiger partial charge is 0.492 e. The molecule has 3 rings (SSSR count). The van der Waals surface area contributed by atoms with Crippen LogP contribution in [0.4, 0.5) is 0 Å². The normalized spacial score (nSPS) is 11.7. The van der Waals surface area contributed by atoms with Crippen molar-refractivity contribution in [3.05, 3.63) is 64.7 Å². The molecule has 1 aromatic carbocycles. The van der Waals surface area contributed by atoms with E-state index in [2.05, 4.69) is 42.0 Å². The van der Waals surface area contributed by atoms with Gasteiger partial charge in [-0.25, -0.2) is 4.79 Å². The van der Waals surface area contributed by atoms with E-state index >= 15 is 0 Å². The maximum Gasteiger partial charge on any atom is 0.333 e. The maximum atomic E-state index is 11.2. The fraction of sp³-hybridized carbons (Fsp3) is 0.348. The first-order chi connectivity index (χ1) is 14.0. The first-order valence-electron chi connectivity index (χ1n) is 9.75. The summed E-state index contributed by atoms with van der Waals surface area (Å²) in [5, 5.41) is 11.4. The van der Waals surface area contributed by atoms with Crippen molar-refractivity contribution < 1.29 is 38.9 Å². The quantitative estimate of drug-likeness (QED) is 0.419. The van der Waals surface area contributed by atoms with Gasteiger partial charge in [0.05, 0.1) is 17.1 Å². The molecule has 2 aromatic heterocycles. The van der Waals surface area contributed by atoms with Crippen molar-refractivity contribution in [1.29, 1.82) is 0 Å². The van der Waals surface area contributed by atoms with Crippen LogP contribution < -0.4 is 4.74 Å². The Kier molecular flexibility index (Phi) is 9.28. The SMILES string of the molecule is CCOC(Cc1ccc(OCCn2c(C)ccc2-c2cc(C)cs2)cc1)C(=O)O.[Zn]. The van der Waals surface area contributed by atoms with E-state index in [1.54, 1.807) is 18.3 Å². The smallest absolute Gasteiger partial charge is 0.333 e. The van der Waals surface area contributed by atoms with Crippen LogP contribution in [0, 0.1) is 13.8 Å². The van der Waals surface area contributed by atoms with Crippen molar-refractivity contribution in [2.45, 2.75) is 39.8 Å². The predicted octanol–water partition coefficient (Wildman–Crippen LogP) is 4.94. The Hall–Kier alpha value is -1.95. The van der Waals surface area contributed by atoms with Gasteiger partial charge in [0.2, 0.25) is 0 Å². The number of carboxylic acid groups (broad SMARTS) is 1. The molecule has 0 aliphatic rings. The van der Waals surface area contributed by atoms with Crippen molar-refractivity contribution in [2.24, 2.45) is 0 Å². The van der Waals surface area contributed by atoms with Gasteiger partial charge in [0.25, 0.3) is 0 Å². The van der Waals surface area contributed by atoms with Crippen LogP contribution in [0.2, 0.25) is 0 Å². The molecule has 0 amide bonds. The molecule has 156 valence electrons. The molecule has 0 aliphatic carbocycles. The molecule has 7 heteroatoms. The summed E-state index contributed by atoms with van der Waals surface area (Å²) < 4.78 is 13.5. The first-order valence-corrected chi connectivity index (χ1v) is 10.6. The molecule has 0 aliphatic heterocycles. The minimum absolute atomic E-state index is 0. The van der Waals surface area contributed by atoms with E-state index in [-0.39, 0.29) is 19.5 Å². The molecule has 1 N–H and O–H groups in total. The Balaban J connectivity index is 0.00000320. The number of carbonyl (C=O) groups is 1. The van der Waals surface area contributed by atoms with Crippen LogP contribution in [0.5, 0.6) is 5.75 Å². The van der Waals surface area contributed by atoms with Crippen LogP contribution in [0.15, 0.2) is 47.8 Å². The van der Waals surface area contributed by atoms with Gasteiger partial charge >= 0.3 is 5.97 Å². The topological polar surface area (TPSA) is 60.7 Å². The van der Waals surface area contributed by atoms with Crippen LogP contribution in [-0.4, -0.2) is 35.0 Å². The van der Waals surface area contributed by atoms with Gasteiger partial charge in [0.1, 0.15) is 12.4 Å². The minimum atomic E-state index is -0.939. The fourth-order valence-electron chi connectivity index (χ4n) is 3.26. The summed E-state index contributed by atoms with van der Waals surface area (Å²) in [6, 6.07) is 14.1. The first kappa shape index (κ1) is 24.3. The number of aliphatic carboxylic acids is 1. The molecule has 0 spiro atoms. The molecule has 1 unspecified atom stereocenters. The number of thiophene rings is 1. The minimum Gasteiger partial charge on any atom is -0.492 e. The molecule has 2 heterocycles. The molecular weight excluding hydrogens is 452 g/mol. The van der Waals surface area contributed by atoms with E-state index in [1.807, 2.05) is 24.3 Å². The van der Waals surface area contributed by atoms with Gasteiger partial charge in [-0.15, -0.1) is 11.3 Å². The standard InChI is InChI=1S/C23H27NO4S.Zn/c1-4-27-21(23(25)26)14-18-6-8-19(9-7-18)28-12-11-24-17(3)5-10-20(24)22-13-16(2)15-29-22;/h5-10,13,15,21H,4,11-12,14H2,1-3H3,(H,25,26);. The molecule has 5 nitrogen and oxygen atoms in total. The van der Waals surface area contributed by atoms with Crippen molar-refractivity contribution in [3.63, 3.8) is 0 Å². The Labute approximate surface area is 194 Å². The molecule has 0 saturated heterocycles. The molecular formula is C23H27NO4SZn. The van der Waals surface area contributed by atoms with Gasteiger partial charge in [-0.05, 0) is 67.6 Å². The summed E-state index contributed by atoms with van der Waals surface area (Å²) in [6.45, 7) is 7.71. The number of hydrogen-bond acceptors (Lipinski definition) is 4. The number of nitrogens with zero attached hydrogens (tertiary/aromatic N) is 1. The van der Waals surface area contributed by atoms with Crippen LogP contribution >= 0.6 is 11.3 Å². The number of benzene rings is 1. The third kappa shape index (κ3) is 6.27. The molecule has 0 saturated carbocycles. The van der Waals surface area contributed by atoms with E-state index in [4.69, 9.17) is 9.47 Å². The number of hydrogen-bond donors (Lipinski definition) is 1. The zero-order chi connectivity index (χ0) is 20.8. The van der Waals surface area contributed by atoms with E-state index in [9.17, 15) is 9.90 Å². The molecule has 0 fully saturated rings. The van der Waals surface area contributed by atoms with E-state index in [0.717, 1.165) is 17.9 Å². The van der Waals surface area contributed by atoms with Crippen LogP contribution in [-0.2, 0) is 42.0 Å². The second-order valence-electron chi connectivity index (χ2n) is 6.98. The van der Waals surface area contributed by atoms with Crippen molar-refractivity contribution in [3.8, 4) is 16.3 Å². The third-order valence-electron chi connectivity index (χ3n) is 4.75. The summed E-state index contributed by atoms with van der Waals surface area (Å²) in [7, 11) is 0. The summed E-state index contributed by atoms with van der Waals surface area (Å²) in [4.78, 5) is 12.5. The van der Waals surface area contributed by atoms with Gasteiger partial charge in [0.15, 0.2) is 6.10 Å². The average Bonchev–Trinajstić information content (AvgIpc) is 3.28. The van der Waals surface area contributed by atoms with Gasteiger partial charge in [-0.2, -0.15) is 0 Å². The summed E-state index contributed by atoms with van der Waals surface area (Å²) in [5.74, 6) is -0.165. The number of ether oxygens (including phenoxy) is 2. The van der Waals surface area contributed by atoms with Crippen molar-refractivity contribution in [1.82, 2.24) is 4.57 Å². The summed E-state index contributed by atoms with van der Waals surface area (Å²) >= 11 is 1.76. The Bertz CT molecular complexity index is 949. The fourth-order valence-corrected chi connectivity index (χ4v) is 4.19. The summed E-state index contributed by atoms with van der Waals surface area (Å²) in [6.07, 6.45) is -0.474. The molecule has 0 bridgehead atoms. The monoisotopic (exact) mass is 477 g/mol. The van der Waals surface area contributed by atoms with Crippen LogP contribution in [0.1, 0.15) is 23.7 Å². The number of rotatable bonds is 10. The van der Waals surface area contributed by atoms with Gasteiger partial charge in [-0.1, -0.05) is 12.1 Å².